The van der Waals surface area contributed by atoms with Gasteiger partial charge in [-0.1, -0.05) is 0 Å². The molecule has 0 bridgehead atoms. The minimum Gasteiger partial charge on any atom is -0.346 e. The summed E-state index contributed by atoms with van der Waals surface area (Å²) in [6, 6.07) is 3.41. The Kier molecular flexibility index (Phi) is 6.46. The number of benzene rings is 1. The molecule has 0 radical (unpaired) electrons. The first kappa shape index (κ1) is 23.0. The standard InChI is InChI=1S/C17H22F3N3O5S2/c18-17(19,20)12-21-16(24)15-4-3-11-23(15)30(27,28)14-7-5-13(6-8-14)29(25,26)22-9-1-2-10-22/h5-8,15H,1-4,9-12H2,(H,21,24). The van der Waals surface area contributed by atoms with Crippen LogP contribution in [0.15, 0.2) is 34.1 Å². The van der Waals surface area contributed by atoms with Gasteiger partial charge in [-0.25, -0.2) is 16.8 Å². The Bertz CT molecular complexity index is 988. The smallest absolute Gasteiger partial charge is 0.346 e. The quantitative estimate of drug-likeness (QED) is 0.677. The van der Waals surface area contributed by atoms with Crippen LogP contribution in [0, 0.1) is 0 Å². The number of hydrogen-bond donors (Lipinski definition) is 1. The van der Waals surface area contributed by atoms with Crippen molar-refractivity contribution < 1.29 is 34.8 Å². The Balaban J connectivity index is 1.78. The van der Waals surface area contributed by atoms with E-state index in [2.05, 4.69) is 0 Å². The molecule has 0 aromatic heterocycles. The van der Waals surface area contributed by atoms with Gasteiger partial charge >= 0.3 is 6.18 Å². The van der Waals surface area contributed by atoms with Crippen LogP contribution in [0.3, 0.4) is 0 Å². The first-order valence-corrected chi connectivity index (χ1v) is 12.3. The highest BCUT2D eigenvalue weighted by Crippen LogP contribution is 2.28. The number of halogens is 3. The van der Waals surface area contributed by atoms with Gasteiger partial charge in [-0.15, -0.1) is 0 Å². The van der Waals surface area contributed by atoms with Crippen LogP contribution in [-0.4, -0.2) is 69.8 Å². The fourth-order valence-electron chi connectivity index (χ4n) is 3.59. The predicted octanol–water partition coefficient (Wildman–Crippen LogP) is 1.30. The van der Waals surface area contributed by atoms with Crippen molar-refractivity contribution in [3.05, 3.63) is 24.3 Å². The van der Waals surface area contributed by atoms with Gasteiger partial charge < -0.3 is 5.32 Å². The maximum atomic E-state index is 12.9. The van der Waals surface area contributed by atoms with Crippen molar-refractivity contribution in [3.8, 4) is 0 Å². The number of sulfonamides is 2. The SMILES string of the molecule is O=C(NCC(F)(F)F)C1CCCN1S(=O)(=O)c1ccc(S(=O)(=O)N2CCCC2)cc1. The van der Waals surface area contributed by atoms with Crippen LogP contribution in [-0.2, 0) is 24.8 Å². The molecule has 2 heterocycles. The number of nitrogens with one attached hydrogen (secondary N) is 1. The summed E-state index contributed by atoms with van der Waals surface area (Å²) in [5.41, 5.74) is 0. The Morgan fingerprint density at radius 3 is 2.00 bits per heavy atom. The molecule has 2 fully saturated rings. The van der Waals surface area contributed by atoms with Gasteiger partial charge in [0, 0.05) is 19.6 Å². The largest absolute Gasteiger partial charge is 0.405 e. The summed E-state index contributed by atoms with van der Waals surface area (Å²) < 4.78 is 90.2. The molecule has 168 valence electrons. The predicted molar refractivity (Wildman–Crippen MR) is 100 cm³/mol. The third-order valence-electron chi connectivity index (χ3n) is 5.10. The fraction of sp³-hybridized carbons (Fsp3) is 0.588. The molecule has 1 atom stereocenters. The second-order valence-corrected chi connectivity index (χ2v) is 11.0. The van der Waals surface area contributed by atoms with E-state index in [-0.39, 0.29) is 22.8 Å². The van der Waals surface area contributed by atoms with Crippen LogP contribution >= 0.6 is 0 Å². The molecule has 0 saturated carbocycles. The summed E-state index contributed by atoms with van der Waals surface area (Å²) >= 11 is 0. The second kappa shape index (κ2) is 8.44. The summed E-state index contributed by atoms with van der Waals surface area (Å²) in [5, 5.41) is 1.72. The minimum absolute atomic E-state index is 0.0136. The number of amides is 1. The van der Waals surface area contributed by atoms with E-state index >= 15 is 0 Å². The lowest BCUT2D eigenvalue weighted by molar-refractivity contribution is -0.140. The third kappa shape index (κ3) is 4.79. The highest BCUT2D eigenvalue weighted by atomic mass is 32.2. The maximum absolute atomic E-state index is 12.9. The Morgan fingerprint density at radius 2 is 1.47 bits per heavy atom. The summed E-state index contributed by atoms with van der Waals surface area (Å²) in [6.45, 7) is -0.741. The van der Waals surface area contributed by atoms with Crippen LogP contribution in [0.4, 0.5) is 13.2 Å². The monoisotopic (exact) mass is 469 g/mol. The topological polar surface area (TPSA) is 104 Å². The first-order valence-electron chi connectivity index (χ1n) is 9.39. The van der Waals surface area contributed by atoms with Gasteiger partial charge in [0.15, 0.2) is 0 Å². The molecule has 2 aliphatic rings. The van der Waals surface area contributed by atoms with E-state index in [1.165, 1.54) is 16.4 Å². The van der Waals surface area contributed by atoms with Crippen molar-refractivity contribution in [2.45, 2.75) is 47.7 Å². The van der Waals surface area contributed by atoms with Crippen LogP contribution in [0.25, 0.3) is 0 Å². The molecule has 1 unspecified atom stereocenters. The minimum atomic E-state index is -4.60. The number of hydrogen-bond acceptors (Lipinski definition) is 5. The first-order chi connectivity index (χ1) is 13.9. The van der Waals surface area contributed by atoms with Crippen molar-refractivity contribution in [3.63, 3.8) is 0 Å². The molecular formula is C17H22F3N3O5S2. The van der Waals surface area contributed by atoms with Gasteiger partial charge in [0.05, 0.1) is 9.79 Å². The van der Waals surface area contributed by atoms with Gasteiger partial charge in [0.1, 0.15) is 12.6 Å². The third-order valence-corrected chi connectivity index (χ3v) is 8.94. The molecule has 13 heteroatoms. The fourth-order valence-corrected chi connectivity index (χ4v) is 6.77. The maximum Gasteiger partial charge on any atom is 0.405 e. The van der Waals surface area contributed by atoms with E-state index in [1.807, 2.05) is 0 Å². The summed E-state index contributed by atoms with van der Waals surface area (Å²) in [7, 11) is -7.90. The highest BCUT2D eigenvalue weighted by molar-refractivity contribution is 7.89. The lowest BCUT2D eigenvalue weighted by atomic mass is 10.2. The van der Waals surface area contributed by atoms with Gasteiger partial charge in [-0.3, -0.25) is 4.79 Å². The number of alkyl halides is 3. The Morgan fingerprint density at radius 1 is 0.933 bits per heavy atom. The zero-order valence-corrected chi connectivity index (χ0v) is 17.6. The van der Waals surface area contributed by atoms with Gasteiger partial charge in [0.25, 0.3) is 0 Å². The lowest BCUT2D eigenvalue weighted by Crippen LogP contribution is -2.47. The number of rotatable bonds is 6. The van der Waals surface area contributed by atoms with Crippen LogP contribution in [0.2, 0.25) is 0 Å². The molecule has 30 heavy (non-hydrogen) atoms. The molecule has 1 aromatic carbocycles. The van der Waals surface area contributed by atoms with Gasteiger partial charge in [0.2, 0.25) is 26.0 Å². The molecule has 1 amide bonds. The second-order valence-electron chi connectivity index (χ2n) is 7.19. The number of carbonyl (C=O) groups excluding carboxylic acids is 1. The number of carbonyl (C=O) groups is 1. The molecular weight excluding hydrogens is 447 g/mol. The average molecular weight is 470 g/mol. The van der Waals surface area contributed by atoms with Gasteiger partial charge in [-0.2, -0.15) is 21.8 Å². The molecule has 8 nitrogen and oxygen atoms in total. The molecule has 0 spiro atoms. The average Bonchev–Trinajstić information content (AvgIpc) is 3.37. The normalized spacial score (nSPS) is 21.8. The van der Waals surface area contributed by atoms with E-state index in [0.29, 0.717) is 19.5 Å². The van der Waals surface area contributed by atoms with Crippen LogP contribution in [0.5, 0.6) is 0 Å². The summed E-state index contributed by atoms with van der Waals surface area (Å²) in [6.07, 6.45) is -2.65. The lowest BCUT2D eigenvalue weighted by Gasteiger charge is -2.24. The van der Waals surface area contributed by atoms with Crippen molar-refractivity contribution >= 4 is 26.0 Å². The van der Waals surface area contributed by atoms with E-state index in [9.17, 15) is 34.8 Å². The van der Waals surface area contributed by atoms with Crippen molar-refractivity contribution in [2.75, 3.05) is 26.2 Å². The molecule has 2 saturated heterocycles. The van der Waals surface area contributed by atoms with E-state index in [4.69, 9.17) is 0 Å². The molecule has 2 aliphatic heterocycles. The van der Waals surface area contributed by atoms with Crippen molar-refractivity contribution in [1.29, 1.82) is 0 Å². The Labute approximate surface area is 173 Å². The van der Waals surface area contributed by atoms with Crippen molar-refractivity contribution in [1.82, 2.24) is 13.9 Å². The van der Waals surface area contributed by atoms with Crippen molar-refractivity contribution in [2.24, 2.45) is 0 Å². The zero-order valence-electron chi connectivity index (χ0n) is 15.9. The van der Waals surface area contributed by atoms with E-state index in [1.54, 1.807) is 5.32 Å². The molecule has 1 N–H and O–H groups in total. The molecule has 3 rings (SSSR count). The van der Waals surface area contributed by atoms with Gasteiger partial charge in [-0.05, 0) is 49.9 Å². The summed E-state index contributed by atoms with van der Waals surface area (Å²) in [5.74, 6) is -1.01. The van der Waals surface area contributed by atoms with Crippen LogP contribution in [0.1, 0.15) is 25.7 Å². The molecule has 0 aliphatic carbocycles. The zero-order chi connectivity index (χ0) is 22.2. The molecule has 1 aromatic rings. The van der Waals surface area contributed by atoms with Crippen LogP contribution < -0.4 is 5.32 Å². The van der Waals surface area contributed by atoms with E-state index in [0.717, 1.165) is 29.3 Å². The highest BCUT2D eigenvalue weighted by Gasteiger charge is 2.40. The Hall–Kier alpha value is -1.70. The number of nitrogens with zero attached hydrogens (tertiary/aromatic N) is 2. The summed E-state index contributed by atoms with van der Waals surface area (Å²) in [4.78, 5) is 11.8. The van der Waals surface area contributed by atoms with E-state index < -0.39 is 44.7 Å².